The predicted molar refractivity (Wildman–Crippen MR) is 140 cm³/mol. The van der Waals surface area contributed by atoms with Gasteiger partial charge in [0.2, 0.25) is 0 Å². The molecule has 156 valence electrons. The normalized spacial score (nSPS) is 9.90. The van der Waals surface area contributed by atoms with Gasteiger partial charge in [0.1, 0.15) is 0 Å². The molecule has 3 aromatic carbocycles. The third-order valence-electron chi connectivity index (χ3n) is 2.84. The highest BCUT2D eigenvalue weighted by atomic mass is 79.9. The first-order valence-corrected chi connectivity index (χ1v) is 12.1. The lowest BCUT2D eigenvalue weighted by Crippen LogP contribution is -1.72. The maximum Gasteiger partial charge on any atom is 0.0790 e. The summed E-state index contributed by atoms with van der Waals surface area (Å²) in [6, 6.07) is 11.9. The maximum atomic E-state index is 5.72. The quantitative estimate of drug-likeness (QED) is 0.162. The lowest BCUT2D eigenvalue weighted by Gasteiger charge is -1.99. The van der Waals surface area contributed by atoms with Crippen molar-refractivity contribution >= 4 is 136 Å². The van der Waals surface area contributed by atoms with Crippen molar-refractivity contribution in [3.05, 3.63) is 96.6 Å². The number of benzene rings is 3. The minimum atomic E-state index is 0.387. The fraction of sp³-hybridized carbons (Fsp3) is 0. The van der Waals surface area contributed by atoms with E-state index < -0.39 is 0 Å². The Bertz CT molecular complexity index is 923. The van der Waals surface area contributed by atoms with E-state index in [1.807, 2.05) is 0 Å². The average molecular weight is 702 g/mol. The predicted octanol–water partition coefficient (Wildman–Crippen LogP) is 12.5. The van der Waals surface area contributed by atoms with E-state index in [9.17, 15) is 0 Å². The van der Waals surface area contributed by atoms with Crippen LogP contribution in [0.2, 0.25) is 45.2 Å². The molecule has 3 rings (SSSR count). The molecule has 11 heteroatoms. The number of rotatable bonds is 0. The Hall–Kier alpha value is 1.23. The zero-order valence-corrected chi connectivity index (χ0v) is 23.7. The van der Waals surface area contributed by atoms with Gasteiger partial charge in [-0.3, -0.25) is 0 Å². The van der Waals surface area contributed by atoms with E-state index in [1.54, 1.807) is 42.5 Å². The van der Waals surface area contributed by atoms with Crippen LogP contribution in [0, 0.1) is 0 Å². The molecule has 0 fully saturated rings. The smallest absolute Gasteiger partial charge is 0.0790 e. The van der Waals surface area contributed by atoms with Crippen LogP contribution in [0.1, 0.15) is 0 Å². The molecule has 0 nitrogen and oxygen atoms in total. The molecule has 29 heavy (non-hydrogen) atoms. The highest BCUT2D eigenvalue weighted by Gasteiger charge is 2.05. The summed E-state index contributed by atoms with van der Waals surface area (Å²) in [5.74, 6) is 0. The SMILES string of the molecule is Clc1cc(Br)cc(Cl)c1Cl.Clc1ccc(Br)c(Cl)c1Cl.Clc1cccc(Cl)c1Cl. The van der Waals surface area contributed by atoms with Crippen molar-refractivity contribution in [3.63, 3.8) is 0 Å². The molecule has 0 N–H and O–H groups in total. The van der Waals surface area contributed by atoms with Crippen molar-refractivity contribution in [1.29, 1.82) is 0 Å². The second-order valence-electron chi connectivity index (χ2n) is 4.88. The van der Waals surface area contributed by atoms with Crippen molar-refractivity contribution in [2.45, 2.75) is 0 Å². The van der Waals surface area contributed by atoms with Gasteiger partial charge in [0.05, 0.1) is 45.2 Å². The highest BCUT2D eigenvalue weighted by Crippen LogP contribution is 2.35. The molecule has 0 aliphatic rings. The van der Waals surface area contributed by atoms with E-state index in [0.717, 1.165) is 8.95 Å². The third kappa shape index (κ3) is 9.32. The number of hydrogen-bond acceptors (Lipinski definition) is 0. The van der Waals surface area contributed by atoms with Gasteiger partial charge in [-0.25, -0.2) is 0 Å². The molecule has 0 unspecified atom stereocenters. The van der Waals surface area contributed by atoms with Gasteiger partial charge >= 0.3 is 0 Å². The number of hydrogen-bond donors (Lipinski definition) is 0. The van der Waals surface area contributed by atoms with Crippen molar-refractivity contribution < 1.29 is 0 Å². The topological polar surface area (TPSA) is 0 Å². The summed E-state index contributed by atoms with van der Waals surface area (Å²) in [6.07, 6.45) is 0. The Morgan fingerprint density at radius 1 is 0.448 bits per heavy atom. The van der Waals surface area contributed by atoms with Gasteiger partial charge in [0.25, 0.3) is 0 Å². The summed E-state index contributed by atoms with van der Waals surface area (Å²) in [5, 5.41) is 4.02. The standard InChI is InChI=1S/2C6H2BrCl3.C6H3Cl3/c7-3-1-4(8)6(10)5(9)2-3;7-3-1-2-4(8)6(10)5(3)9;7-4-2-1-3-5(8)6(4)9/h2*1-2H;1-3H. The van der Waals surface area contributed by atoms with E-state index in [4.69, 9.17) is 104 Å². The molecule has 0 spiro atoms. The first-order chi connectivity index (χ1) is 13.5. The zero-order chi connectivity index (χ0) is 22.3. The van der Waals surface area contributed by atoms with Gasteiger partial charge in [-0.15, -0.1) is 0 Å². The molecule has 0 radical (unpaired) electrons. The first-order valence-electron chi connectivity index (χ1n) is 7.14. The van der Waals surface area contributed by atoms with E-state index in [-0.39, 0.29) is 0 Å². The van der Waals surface area contributed by atoms with Crippen molar-refractivity contribution in [3.8, 4) is 0 Å². The van der Waals surface area contributed by atoms with E-state index >= 15 is 0 Å². The Kier molecular flexibility index (Phi) is 13.4. The van der Waals surface area contributed by atoms with Crippen molar-refractivity contribution in [2.24, 2.45) is 0 Å². The van der Waals surface area contributed by atoms with E-state index in [2.05, 4.69) is 31.9 Å². The van der Waals surface area contributed by atoms with Crippen LogP contribution >= 0.6 is 136 Å². The molecule has 0 aliphatic carbocycles. The fourth-order valence-corrected chi connectivity index (χ4v) is 4.33. The van der Waals surface area contributed by atoms with E-state index in [0.29, 0.717) is 45.2 Å². The largest absolute Gasteiger partial charge is 0.0827 e. The lowest BCUT2D eigenvalue weighted by molar-refractivity contribution is 1.65. The van der Waals surface area contributed by atoms with Crippen molar-refractivity contribution in [1.82, 2.24) is 0 Å². The Morgan fingerprint density at radius 2 is 0.862 bits per heavy atom. The maximum absolute atomic E-state index is 5.72. The molecule has 0 amide bonds. The van der Waals surface area contributed by atoms with Crippen molar-refractivity contribution in [2.75, 3.05) is 0 Å². The van der Waals surface area contributed by atoms with Crippen LogP contribution in [-0.4, -0.2) is 0 Å². The summed E-state index contributed by atoms with van der Waals surface area (Å²) in [5.41, 5.74) is 0. The molecule has 0 saturated heterocycles. The van der Waals surface area contributed by atoms with Gasteiger partial charge in [0, 0.05) is 8.95 Å². The minimum absolute atomic E-state index is 0.387. The first kappa shape index (κ1) is 28.3. The third-order valence-corrected chi connectivity index (χ3v) is 7.91. The minimum Gasteiger partial charge on any atom is -0.0827 e. The Labute approximate surface area is 230 Å². The van der Waals surface area contributed by atoms with Gasteiger partial charge in [0.15, 0.2) is 0 Å². The summed E-state index contributed by atoms with van der Waals surface area (Å²) in [6.45, 7) is 0. The van der Waals surface area contributed by atoms with Gasteiger partial charge in [-0.1, -0.05) is 126 Å². The highest BCUT2D eigenvalue weighted by molar-refractivity contribution is 9.10. The van der Waals surface area contributed by atoms with Crippen LogP contribution in [-0.2, 0) is 0 Å². The van der Waals surface area contributed by atoms with Crippen LogP contribution in [0.25, 0.3) is 0 Å². The Balaban J connectivity index is 0.000000218. The van der Waals surface area contributed by atoms with Crippen LogP contribution < -0.4 is 0 Å². The summed E-state index contributed by atoms with van der Waals surface area (Å²) < 4.78 is 1.58. The van der Waals surface area contributed by atoms with Crippen LogP contribution in [0.5, 0.6) is 0 Å². The molecule has 0 aliphatic heterocycles. The van der Waals surface area contributed by atoms with Crippen LogP contribution in [0.15, 0.2) is 51.4 Å². The van der Waals surface area contributed by atoms with Crippen LogP contribution in [0.4, 0.5) is 0 Å². The molecular formula is C18H7Br2Cl9. The fourth-order valence-electron chi connectivity index (χ4n) is 1.50. The molecule has 3 aromatic rings. The number of halogens is 11. The van der Waals surface area contributed by atoms with Gasteiger partial charge in [-0.05, 0) is 52.3 Å². The van der Waals surface area contributed by atoms with Crippen LogP contribution in [0.3, 0.4) is 0 Å². The summed E-state index contributed by atoms with van der Waals surface area (Å²) >= 11 is 57.3. The molecule has 0 atom stereocenters. The average Bonchev–Trinajstić information content (AvgIpc) is 2.66. The van der Waals surface area contributed by atoms with E-state index in [1.165, 1.54) is 0 Å². The lowest BCUT2D eigenvalue weighted by atomic mass is 10.4. The molecule has 0 heterocycles. The molecule has 0 bridgehead atoms. The Morgan fingerprint density at radius 3 is 1.28 bits per heavy atom. The molecule has 0 saturated carbocycles. The summed E-state index contributed by atoms with van der Waals surface area (Å²) in [7, 11) is 0. The zero-order valence-electron chi connectivity index (χ0n) is 13.7. The van der Waals surface area contributed by atoms with Gasteiger partial charge in [-0.2, -0.15) is 0 Å². The van der Waals surface area contributed by atoms with Gasteiger partial charge < -0.3 is 0 Å². The monoisotopic (exact) mass is 696 g/mol. The summed E-state index contributed by atoms with van der Waals surface area (Å²) in [4.78, 5) is 0. The second kappa shape index (κ2) is 13.7. The molecular weight excluding hydrogens is 695 g/mol. The second-order valence-corrected chi connectivity index (χ2v) is 10.2. The molecule has 0 aromatic heterocycles.